The van der Waals surface area contributed by atoms with Crippen molar-refractivity contribution in [3.63, 3.8) is 0 Å². The summed E-state index contributed by atoms with van der Waals surface area (Å²) < 4.78 is 0. The fraction of sp³-hybridized carbons (Fsp3) is 0.455. The lowest BCUT2D eigenvalue weighted by atomic mass is 9.91. The number of ketones is 1. The Labute approximate surface area is 271 Å². The normalized spacial score (nSPS) is 21.6. The highest BCUT2D eigenvalue weighted by molar-refractivity contribution is 6.38. The lowest BCUT2D eigenvalue weighted by Crippen LogP contribution is -2.56. The van der Waals surface area contributed by atoms with Gasteiger partial charge in [0.05, 0.1) is 18.3 Å². The van der Waals surface area contributed by atoms with Crippen LogP contribution in [0.25, 0.3) is 0 Å². The Morgan fingerprint density at radius 1 is 1.09 bits per heavy atom. The molecule has 4 N–H and O–H groups in total. The van der Waals surface area contributed by atoms with Crippen LogP contribution in [0.2, 0.25) is 5.02 Å². The molecule has 3 aliphatic rings. The van der Waals surface area contributed by atoms with E-state index in [1.807, 2.05) is 13.0 Å². The van der Waals surface area contributed by atoms with Crippen LogP contribution in [0.4, 0.5) is 0 Å². The fourth-order valence-corrected chi connectivity index (χ4v) is 6.12. The van der Waals surface area contributed by atoms with E-state index in [0.717, 1.165) is 18.4 Å². The molecule has 46 heavy (non-hydrogen) atoms. The monoisotopic (exact) mass is 651 g/mol. The maximum absolute atomic E-state index is 14.2. The van der Waals surface area contributed by atoms with Crippen molar-refractivity contribution < 1.29 is 33.9 Å². The zero-order valence-electron chi connectivity index (χ0n) is 25.8. The summed E-state index contributed by atoms with van der Waals surface area (Å²) in [6, 6.07) is 10.2. The van der Waals surface area contributed by atoms with Crippen molar-refractivity contribution in [2.75, 3.05) is 6.54 Å². The smallest absolute Gasteiger partial charge is 0.289 e. The predicted molar refractivity (Wildman–Crippen MR) is 169 cm³/mol. The van der Waals surface area contributed by atoms with Crippen molar-refractivity contribution in [1.29, 1.82) is 0 Å². The number of oxime groups is 1. The SMILES string of the molecule is CCC[C@H](NC(=O)[C@@H]1CC2(CC(c3cccc(Cl)c3)=NO2)CN1C(=O)[C@H](Cc1ccc(O)cc1)NC(C)=O)C(=O)C(=O)NC1CC1. The minimum absolute atomic E-state index is 0.0162. The van der Waals surface area contributed by atoms with Gasteiger partial charge in [0, 0.05) is 42.8 Å². The summed E-state index contributed by atoms with van der Waals surface area (Å²) >= 11 is 6.20. The minimum Gasteiger partial charge on any atom is -0.508 e. The van der Waals surface area contributed by atoms with Gasteiger partial charge in [-0.2, -0.15) is 0 Å². The molecule has 2 aromatic carbocycles. The average Bonchev–Trinajstić information content (AvgIpc) is 3.61. The summed E-state index contributed by atoms with van der Waals surface area (Å²) in [6.07, 6.45) is 2.83. The van der Waals surface area contributed by atoms with Crippen molar-refractivity contribution >= 4 is 46.7 Å². The van der Waals surface area contributed by atoms with Crippen LogP contribution < -0.4 is 16.0 Å². The number of amides is 4. The maximum Gasteiger partial charge on any atom is 0.289 e. The number of carbonyl (C=O) groups excluding carboxylic acids is 5. The van der Waals surface area contributed by atoms with Crippen molar-refractivity contribution in [2.24, 2.45) is 5.16 Å². The predicted octanol–water partition coefficient (Wildman–Crippen LogP) is 2.39. The van der Waals surface area contributed by atoms with Gasteiger partial charge >= 0.3 is 0 Å². The van der Waals surface area contributed by atoms with E-state index in [2.05, 4.69) is 21.1 Å². The van der Waals surface area contributed by atoms with Crippen molar-refractivity contribution in [1.82, 2.24) is 20.9 Å². The van der Waals surface area contributed by atoms with Gasteiger partial charge in [-0.1, -0.05) is 54.4 Å². The molecule has 13 heteroatoms. The summed E-state index contributed by atoms with van der Waals surface area (Å²) in [6.45, 7) is 3.12. The molecule has 0 bridgehead atoms. The maximum atomic E-state index is 14.2. The first-order chi connectivity index (χ1) is 22.0. The van der Waals surface area contributed by atoms with E-state index in [9.17, 15) is 29.1 Å². The third kappa shape index (κ3) is 7.85. The second-order valence-electron chi connectivity index (χ2n) is 12.3. The molecule has 2 aliphatic heterocycles. The lowest BCUT2D eigenvalue weighted by molar-refractivity contribution is -0.143. The number of rotatable bonds is 12. The minimum atomic E-state index is -1.09. The standard InChI is InChI=1S/C33H38ClN5O7/c1-3-5-25(29(42)31(44)36-23-10-11-23)37-30(43)28-17-33(16-27(38-46-33)21-6-4-7-22(34)15-21)18-39(28)32(45)26(35-19(2)40)14-20-8-12-24(41)13-9-20/h4,6-9,12-13,15,23,25-26,28,41H,3,5,10-11,14,16-18H2,1-2H3,(H,35,40)(H,36,44)(H,37,43)/t25-,26-,28-,33?/m0/s1. The third-order valence-electron chi connectivity index (χ3n) is 8.38. The number of nitrogens with zero attached hydrogens (tertiary/aromatic N) is 2. The number of phenols is 1. The summed E-state index contributed by atoms with van der Waals surface area (Å²) in [5.74, 6) is -2.99. The van der Waals surface area contributed by atoms with Gasteiger partial charge in [0.1, 0.15) is 17.8 Å². The number of hydrogen-bond acceptors (Lipinski definition) is 8. The lowest BCUT2D eigenvalue weighted by Gasteiger charge is -2.29. The number of phenolic OH excluding ortho intramolecular Hbond substituents is 1. The highest BCUT2D eigenvalue weighted by Gasteiger charge is 2.55. The number of hydrogen-bond donors (Lipinski definition) is 4. The first kappa shape index (κ1) is 32.9. The van der Waals surface area contributed by atoms with Crippen LogP contribution in [0.3, 0.4) is 0 Å². The molecule has 5 rings (SSSR count). The van der Waals surface area contributed by atoms with Gasteiger partial charge < -0.3 is 30.8 Å². The number of nitrogens with one attached hydrogen (secondary N) is 3. The van der Waals surface area contributed by atoms with E-state index in [-0.39, 0.29) is 44.0 Å². The molecule has 1 saturated heterocycles. The molecular formula is C33H38ClN5O7. The zero-order valence-corrected chi connectivity index (χ0v) is 26.5. The third-order valence-corrected chi connectivity index (χ3v) is 8.62. The highest BCUT2D eigenvalue weighted by atomic mass is 35.5. The van der Waals surface area contributed by atoms with Crippen LogP contribution in [0.5, 0.6) is 5.75 Å². The molecular weight excluding hydrogens is 614 g/mol. The van der Waals surface area contributed by atoms with Crippen LogP contribution in [0, 0.1) is 0 Å². The molecule has 0 aromatic heterocycles. The quantitative estimate of drug-likeness (QED) is 0.256. The number of carbonyl (C=O) groups is 5. The van der Waals surface area contributed by atoms with Crippen LogP contribution >= 0.6 is 11.6 Å². The fourth-order valence-electron chi connectivity index (χ4n) is 5.93. The molecule has 2 heterocycles. The van der Waals surface area contributed by atoms with Gasteiger partial charge in [0.25, 0.3) is 5.91 Å². The number of likely N-dealkylation sites (tertiary alicyclic amines) is 1. The van der Waals surface area contributed by atoms with Crippen molar-refractivity contribution in [2.45, 2.75) is 88.6 Å². The Morgan fingerprint density at radius 2 is 1.83 bits per heavy atom. The molecule has 4 amide bonds. The number of halogens is 1. The Kier molecular flexibility index (Phi) is 9.95. The van der Waals surface area contributed by atoms with Gasteiger partial charge in [-0.15, -0.1) is 0 Å². The second kappa shape index (κ2) is 13.9. The summed E-state index contributed by atoms with van der Waals surface area (Å²) in [5, 5.41) is 22.7. The molecule has 1 aliphatic carbocycles. The molecule has 1 saturated carbocycles. The van der Waals surface area contributed by atoms with Crippen molar-refractivity contribution in [3.05, 3.63) is 64.7 Å². The topological polar surface area (TPSA) is 166 Å². The molecule has 12 nitrogen and oxygen atoms in total. The average molecular weight is 652 g/mol. The van der Waals surface area contributed by atoms with Gasteiger partial charge in [-0.25, -0.2) is 0 Å². The van der Waals surface area contributed by atoms with E-state index < -0.39 is 53.1 Å². The molecule has 1 spiro atoms. The first-order valence-electron chi connectivity index (χ1n) is 15.5. The van der Waals surface area contributed by atoms with Crippen molar-refractivity contribution in [3.8, 4) is 5.75 Å². The zero-order chi connectivity index (χ0) is 33.0. The summed E-state index contributed by atoms with van der Waals surface area (Å²) in [4.78, 5) is 73.4. The molecule has 244 valence electrons. The number of aromatic hydroxyl groups is 1. The van der Waals surface area contributed by atoms with Gasteiger partial charge in [-0.05, 0) is 49.1 Å². The van der Waals surface area contributed by atoms with Crippen LogP contribution in [-0.2, 0) is 35.2 Å². The molecule has 0 radical (unpaired) electrons. The van der Waals surface area contributed by atoms with E-state index in [1.165, 1.54) is 24.0 Å². The van der Waals surface area contributed by atoms with E-state index >= 15 is 0 Å². The Bertz CT molecular complexity index is 1540. The Hall–Kier alpha value is -4.45. The van der Waals surface area contributed by atoms with E-state index in [1.54, 1.807) is 30.3 Å². The molecule has 2 fully saturated rings. The van der Waals surface area contributed by atoms with Crippen LogP contribution in [0.1, 0.15) is 63.5 Å². The van der Waals surface area contributed by atoms with E-state index in [0.29, 0.717) is 22.7 Å². The van der Waals surface area contributed by atoms with Gasteiger partial charge in [-0.3, -0.25) is 24.0 Å². The molecule has 1 unspecified atom stereocenters. The van der Waals surface area contributed by atoms with Crippen LogP contribution in [0.15, 0.2) is 53.7 Å². The number of benzene rings is 2. The first-order valence-corrected chi connectivity index (χ1v) is 15.9. The Balaban J connectivity index is 1.41. The highest BCUT2D eigenvalue weighted by Crippen LogP contribution is 2.39. The van der Waals surface area contributed by atoms with Gasteiger partial charge in [0.2, 0.25) is 23.5 Å². The molecule has 2 aromatic rings. The summed E-state index contributed by atoms with van der Waals surface area (Å²) in [7, 11) is 0. The van der Waals surface area contributed by atoms with Crippen LogP contribution in [-0.4, -0.2) is 81.4 Å². The Morgan fingerprint density at radius 3 is 2.48 bits per heavy atom. The number of Topliss-reactive ketones (excluding diaryl/α,β-unsaturated/α-hetero) is 1. The van der Waals surface area contributed by atoms with E-state index in [4.69, 9.17) is 16.4 Å². The second-order valence-corrected chi connectivity index (χ2v) is 12.7. The summed E-state index contributed by atoms with van der Waals surface area (Å²) in [5.41, 5.74) is 0.976. The largest absolute Gasteiger partial charge is 0.508 e. The van der Waals surface area contributed by atoms with Gasteiger partial charge in [0.15, 0.2) is 5.60 Å². The molecule has 4 atom stereocenters.